The molecule has 0 amide bonds. The molecule has 0 atom stereocenters. The van der Waals surface area contributed by atoms with Crippen LogP contribution in [0, 0.1) is 23.7 Å². The summed E-state index contributed by atoms with van der Waals surface area (Å²) in [6.07, 6.45) is 0. The van der Waals surface area contributed by atoms with E-state index in [-0.39, 0.29) is 5.60 Å². The molecule has 0 saturated heterocycles. The summed E-state index contributed by atoms with van der Waals surface area (Å²) in [5, 5.41) is 0. The van der Waals surface area contributed by atoms with Gasteiger partial charge in [0.15, 0.2) is 0 Å². The van der Waals surface area contributed by atoms with Crippen LogP contribution in [-0.4, -0.2) is 12.2 Å². The Bertz CT molecular complexity index is 788. The number of ether oxygens (including phenoxy) is 2. The third-order valence-corrected chi connectivity index (χ3v) is 2.90. The molecule has 0 aliphatic carbocycles. The van der Waals surface area contributed by atoms with Crippen LogP contribution < -0.4 is 9.47 Å². The maximum atomic E-state index is 5.83. The summed E-state index contributed by atoms with van der Waals surface area (Å²) < 4.78 is 11.2. The van der Waals surface area contributed by atoms with E-state index in [0.29, 0.717) is 6.61 Å². The highest BCUT2D eigenvalue weighted by molar-refractivity contribution is 5.46. The molecular formula is C22H22O2. The van der Waals surface area contributed by atoms with Gasteiger partial charge in [-0.25, -0.2) is 0 Å². The van der Waals surface area contributed by atoms with Crippen LogP contribution in [0.15, 0.2) is 48.5 Å². The van der Waals surface area contributed by atoms with Crippen LogP contribution in [-0.2, 0) is 0 Å². The highest BCUT2D eigenvalue weighted by Crippen LogP contribution is 2.18. The van der Waals surface area contributed by atoms with Gasteiger partial charge in [0.2, 0.25) is 0 Å². The zero-order valence-corrected chi connectivity index (χ0v) is 14.6. The summed E-state index contributed by atoms with van der Waals surface area (Å²) in [5.41, 5.74) is 1.58. The van der Waals surface area contributed by atoms with E-state index >= 15 is 0 Å². The average molecular weight is 318 g/mol. The van der Waals surface area contributed by atoms with Gasteiger partial charge in [0, 0.05) is 11.1 Å². The molecule has 2 nitrogen and oxygen atoms in total. The van der Waals surface area contributed by atoms with Gasteiger partial charge in [0.1, 0.15) is 17.1 Å². The van der Waals surface area contributed by atoms with Gasteiger partial charge in [-0.3, -0.25) is 0 Å². The van der Waals surface area contributed by atoms with Crippen molar-refractivity contribution >= 4 is 0 Å². The zero-order valence-electron chi connectivity index (χ0n) is 14.6. The van der Waals surface area contributed by atoms with Gasteiger partial charge in [-0.15, -0.1) is 0 Å². The summed E-state index contributed by atoms with van der Waals surface area (Å²) in [7, 11) is 0. The van der Waals surface area contributed by atoms with Gasteiger partial charge >= 0.3 is 0 Å². The first-order valence-electron chi connectivity index (χ1n) is 8.00. The van der Waals surface area contributed by atoms with Crippen molar-refractivity contribution in [3.05, 3.63) is 59.7 Å². The van der Waals surface area contributed by atoms with Crippen molar-refractivity contribution in [1.29, 1.82) is 0 Å². The van der Waals surface area contributed by atoms with Gasteiger partial charge in [-0.1, -0.05) is 17.9 Å². The number of rotatable bonds is 3. The smallest absolute Gasteiger partial charge is 0.121 e. The minimum absolute atomic E-state index is 0.223. The molecule has 122 valence electrons. The van der Waals surface area contributed by atoms with Crippen molar-refractivity contribution in [3.8, 4) is 35.2 Å². The molecule has 0 N–H and O–H groups in total. The first kappa shape index (κ1) is 17.5. The molecular weight excluding hydrogens is 296 g/mol. The molecule has 2 aromatic rings. The van der Waals surface area contributed by atoms with Crippen LogP contribution in [0.5, 0.6) is 11.5 Å². The Labute approximate surface area is 144 Å². The lowest BCUT2D eigenvalue weighted by molar-refractivity contribution is 0.131. The first-order valence-corrected chi connectivity index (χ1v) is 8.00. The van der Waals surface area contributed by atoms with Gasteiger partial charge in [-0.2, -0.15) is 0 Å². The van der Waals surface area contributed by atoms with E-state index in [1.165, 1.54) is 0 Å². The van der Waals surface area contributed by atoms with Gasteiger partial charge in [-0.05, 0) is 82.0 Å². The van der Waals surface area contributed by atoms with Crippen molar-refractivity contribution < 1.29 is 9.47 Å². The number of hydrogen-bond acceptors (Lipinski definition) is 2. The van der Waals surface area contributed by atoms with Crippen LogP contribution in [0.4, 0.5) is 0 Å². The van der Waals surface area contributed by atoms with Crippen LogP contribution in [0.25, 0.3) is 0 Å². The minimum Gasteiger partial charge on any atom is -0.494 e. The fraction of sp³-hybridized carbons (Fsp3) is 0.273. The predicted molar refractivity (Wildman–Crippen MR) is 98.2 cm³/mol. The molecule has 0 spiro atoms. The Kier molecular flexibility index (Phi) is 5.94. The molecule has 0 aromatic heterocycles. The standard InChI is InChI=1S/C22H22O2/c1-5-23-20-15-13-18(14-16-20)9-6-7-10-19-11-8-12-21(17-19)24-22(2,3)4/h8,11-17H,5H2,1-4H3. The van der Waals surface area contributed by atoms with Crippen LogP contribution in [0.2, 0.25) is 0 Å². The van der Waals surface area contributed by atoms with Gasteiger partial charge in [0.25, 0.3) is 0 Å². The second-order valence-corrected chi connectivity index (χ2v) is 6.20. The van der Waals surface area contributed by atoms with E-state index in [1.807, 2.05) is 76.2 Å². The van der Waals surface area contributed by atoms with Crippen molar-refractivity contribution in [1.82, 2.24) is 0 Å². The number of hydrogen-bond donors (Lipinski definition) is 0. The molecule has 0 aliphatic rings. The number of benzene rings is 2. The molecule has 0 bridgehead atoms. The normalized spacial score (nSPS) is 10.0. The molecule has 0 saturated carbocycles. The summed E-state index contributed by atoms with van der Waals surface area (Å²) in [6, 6.07) is 15.4. The van der Waals surface area contributed by atoms with Crippen molar-refractivity contribution in [2.75, 3.05) is 6.61 Å². The molecule has 0 aliphatic heterocycles. The monoisotopic (exact) mass is 318 g/mol. The van der Waals surface area contributed by atoms with Crippen LogP contribution >= 0.6 is 0 Å². The maximum absolute atomic E-state index is 5.83. The van der Waals surface area contributed by atoms with E-state index in [4.69, 9.17) is 9.47 Å². The maximum Gasteiger partial charge on any atom is 0.121 e. The Morgan fingerprint density at radius 2 is 1.50 bits per heavy atom. The Morgan fingerprint density at radius 1 is 0.833 bits per heavy atom. The van der Waals surface area contributed by atoms with E-state index in [1.54, 1.807) is 0 Å². The Hall–Kier alpha value is -2.84. The summed E-state index contributed by atoms with van der Waals surface area (Å²) in [6.45, 7) is 8.69. The summed E-state index contributed by atoms with van der Waals surface area (Å²) in [5.74, 6) is 13.5. The topological polar surface area (TPSA) is 18.5 Å². The second kappa shape index (κ2) is 8.14. The summed E-state index contributed by atoms with van der Waals surface area (Å²) >= 11 is 0. The molecule has 0 heterocycles. The summed E-state index contributed by atoms with van der Waals surface area (Å²) in [4.78, 5) is 0. The molecule has 0 radical (unpaired) electrons. The zero-order chi connectivity index (χ0) is 17.4. The molecule has 0 fully saturated rings. The molecule has 2 aromatic carbocycles. The molecule has 24 heavy (non-hydrogen) atoms. The third kappa shape index (κ3) is 6.11. The molecule has 2 heteroatoms. The van der Waals surface area contributed by atoms with Crippen LogP contribution in [0.3, 0.4) is 0 Å². The van der Waals surface area contributed by atoms with E-state index in [0.717, 1.165) is 22.6 Å². The SMILES string of the molecule is CCOc1ccc(C#CC#Cc2cccc(OC(C)(C)C)c2)cc1. The predicted octanol–water partition coefficient (Wildman–Crippen LogP) is 4.67. The third-order valence-electron chi connectivity index (χ3n) is 2.90. The largest absolute Gasteiger partial charge is 0.494 e. The van der Waals surface area contributed by atoms with Crippen molar-refractivity contribution in [3.63, 3.8) is 0 Å². The average Bonchev–Trinajstić information content (AvgIpc) is 2.52. The lowest BCUT2D eigenvalue weighted by Gasteiger charge is -2.21. The molecule has 0 unspecified atom stereocenters. The lowest BCUT2D eigenvalue weighted by Crippen LogP contribution is -2.22. The fourth-order valence-corrected chi connectivity index (χ4v) is 2.00. The highest BCUT2D eigenvalue weighted by atomic mass is 16.5. The quantitative estimate of drug-likeness (QED) is 0.766. The molecule has 2 rings (SSSR count). The van der Waals surface area contributed by atoms with Crippen LogP contribution in [0.1, 0.15) is 38.8 Å². The van der Waals surface area contributed by atoms with Crippen molar-refractivity contribution in [2.45, 2.75) is 33.3 Å². The van der Waals surface area contributed by atoms with E-state index < -0.39 is 0 Å². The lowest BCUT2D eigenvalue weighted by atomic mass is 10.1. The second-order valence-electron chi connectivity index (χ2n) is 6.20. The minimum atomic E-state index is -0.223. The first-order chi connectivity index (χ1) is 11.5. The Morgan fingerprint density at radius 3 is 2.12 bits per heavy atom. The van der Waals surface area contributed by atoms with E-state index in [9.17, 15) is 0 Å². The fourth-order valence-electron chi connectivity index (χ4n) is 2.00. The van der Waals surface area contributed by atoms with Gasteiger partial charge in [0.05, 0.1) is 6.61 Å². The van der Waals surface area contributed by atoms with E-state index in [2.05, 4.69) is 23.7 Å². The highest BCUT2D eigenvalue weighted by Gasteiger charge is 2.11. The van der Waals surface area contributed by atoms with Crippen molar-refractivity contribution in [2.24, 2.45) is 0 Å². The Balaban J connectivity index is 2.04. The van der Waals surface area contributed by atoms with Gasteiger partial charge < -0.3 is 9.47 Å².